The van der Waals surface area contributed by atoms with Crippen molar-refractivity contribution in [2.75, 3.05) is 44.7 Å². The number of carbonyl (C=O) groups is 1. The Labute approximate surface area is 207 Å². The predicted molar refractivity (Wildman–Crippen MR) is 128 cm³/mol. The maximum absolute atomic E-state index is 12.9. The highest BCUT2D eigenvalue weighted by Crippen LogP contribution is 2.23. The van der Waals surface area contributed by atoms with Gasteiger partial charge in [0, 0.05) is 44.4 Å². The Morgan fingerprint density at radius 1 is 1.17 bits per heavy atom. The fraction of sp³-hybridized carbons (Fsp3) is 0.417. The van der Waals surface area contributed by atoms with Gasteiger partial charge in [0.2, 0.25) is 5.88 Å². The van der Waals surface area contributed by atoms with E-state index in [4.69, 9.17) is 15.2 Å². The van der Waals surface area contributed by atoms with Gasteiger partial charge in [0.25, 0.3) is 6.43 Å². The third-order valence-corrected chi connectivity index (χ3v) is 6.17. The van der Waals surface area contributed by atoms with E-state index in [1.807, 2.05) is 11.0 Å². The number of hydrogen-bond acceptors (Lipinski definition) is 9. The van der Waals surface area contributed by atoms with Crippen LogP contribution in [0, 0.1) is 6.92 Å². The zero-order valence-corrected chi connectivity index (χ0v) is 20.2. The minimum atomic E-state index is -2.53. The molecular weight excluding hydrogens is 472 g/mol. The van der Waals surface area contributed by atoms with E-state index in [1.165, 1.54) is 19.2 Å². The molecule has 1 saturated heterocycles. The Bertz CT molecular complexity index is 1160. The molecule has 0 unspecified atom stereocenters. The number of nitrogens with zero attached hydrogens (tertiary/aromatic N) is 6. The molecule has 10 nitrogen and oxygen atoms in total. The molecule has 0 amide bonds. The molecular formula is C24H29F2N7O3. The Morgan fingerprint density at radius 3 is 2.56 bits per heavy atom. The van der Waals surface area contributed by atoms with E-state index < -0.39 is 12.5 Å². The van der Waals surface area contributed by atoms with Gasteiger partial charge in [-0.1, -0.05) is 17.3 Å². The molecule has 0 saturated carbocycles. The average Bonchev–Trinajstić information content (AvgIpc) is 3.27. The monoisotopic (exact) mass is 501 g/mol. The number of esters is 1. The molecule has 12 heteroatoms. The molecule has 3 heterocycles. The second-order valence-corrected chi connectivity index (χ2v) is 8.38. The van der Waals surface area contributed by atoms with Gasteiger partial charge in [-0.05, 0) is 25.1 Å². The van der Waals surface area contributed by atoms with E-state index in [9.17, 15) is 13.6 Å². The summed E-state index contributed by atoms with van der Waals surface area (Å²) in [5, 5.41) is 8.21. The van der Waals surface area contributed by atoms with Crippen molar-refractivity contribution in [3.63, 3.8) is 0 Å². The molecule has 0 bridgehead atoms. The van der Waals surface area contributed by atoms with Crippen molar-refractivity contribution in [3.05, 3.63) is 59.5 Å². The third kappa shape index (κ3) is 5.60. The summed E-state index contributed by atoms with van der Waals surface area (Å²) in [6, 6.07) is 9.12. The van der Waals surface area contributed by atoms with Crippen molar-refractivity contribution in [1.82, 2.24) is 24.9 Å². The van der Waals surface area contributed by atoms with E-state index in [1.54, 1.807) is 36.0 Å². The van der Waals surface area contributed by atoms with Crippen LogP contribution in [0.15, 0.2) is 42.6 Å². The zero-order valence-electron chi connectivity index (χ0n) is 20.2. The van der Waals surface area contributed by atoms with Crippen molar-refractivity contribution in [3.8, 4) is 11.6 Å². The molecule has 192 valence electrons. The molecule has 1 aliphatic rings. The third-order valence-electron chi connectivity index (χ3n) is 6.17. The summed E-state index contributed by atoms with van der Waals surface area (Å²) in [7, 11) is 1.39. The molecule has 36 heavy (non-hydrogen) atoms. The van der Waals surface area contributed by atoms with Crippen molar-refractivity contribution < 1.29 is 23.0 Å². The highest BCUT2D eigenvalue weighted by molar-refractivity contribution is 5.77. The summed E-state index contributed by atoms with van der Waals surface area (Å²) in [6.45, 7) is 4.92. The Hall–Kier alpha value is -3.64. The number of anilines is 1. The van der Waals surface area contributed by atoms with Crippen LogP contribution in [0.1, 0.15) is 23.4 Å². The molecule has 1 fully saturated rings. The van der Waals surface area contributed by atoms with Crippen molar-refractivity contribution in [2.24, 2.45) is 5.73 Å². The lowest BCUT2D eigenvalue weighted by molar-refractivity contribution is -0.147. The number of pyridine rings is 1. The standard InChI is InChI=1S/C24H29F2N7O3/c1-16-21(33(30-29-16)18-5-3-17(4-6-18)23(25)26)15-36-22-8-7-19(13-28-22)32-12-11-31(10-9-27)20(14-32)24(34)35-2/h3-8,13,20,23H,9-12,14-15,27H2,1-2H3/t20-/m0/s1. The molecule has 1 aromatic carbocycles. The summed E-state index contributed by atoms with van der Waals surface area (Å²) in [5.41, 5.74) is 8.45. The molecule has 0 aliphatic carbocycles. The molecule has 4 rings (SSSR count). The lowest BCUT2D eigenvalue weighted by atomic mass is 10.1. The number of halogens is 2. The number of ether oxygens (including phenoxy) is 2. The number of piperazine rings is 1. The van der Waals surface area contributed by atoms with Crippen LogP contribution in [0.5, 0.6) is 5.88 Å². The van der Waals surface area contributed by atoms with Crippen LogP contribution in [-0.4, -0.2) is 76.7 Å². The summed E-state index contributed by atoms with van der Waals surface area (Å²) < 4.78 is 38.1. The number of benzene rings is 1. The van der Waals surface area contributed by atoms with E-state index in [2.05, 4.69) is 20.2 Å². The van der Waals surface area contributed by atoms with Gasteiger partial charge < -0.3 is 20.1 Å². The summed E-state index contributed by atoms with van der Waals surface area (Å²) in [6.07, 6.45) is -0.831. The Morgan fingerprint density at radius 2 is 1.92 bits per heavy atom. The van der Waals surface area contributed by atoms with Crippen molar-refractivity contribution >= 4 is 11.7 Å². The van der Waals surface area contributed by atoms with E-state index >= 15 is 0 Å². The lowest BCUT2D eigenvalue weighted by Gasteiger charge is -2.40. The molecule has 1 atom stereocenters. The SMILES string of the molecule is COC(=O)[C@@H]1CN(c2ccc(OCc3c(C)nnn3-c3ccc(C(F)F)cc3)nc2)CCN1CCN. The first kappa shape index (κ1) is 25.5. The van der Waals surface area contributed by atoms with Crippen LogP contribution in [0.2, 0.25) is 0 Å². The van der Waals surface area contributed by atoms with E-state index in [0.29, 0.717) is 49.1 Å². The van der Waals surface area contributed by atoms with Gasteiger partial charge in [-0.15, -0.1) is 5.10 Å². The fourth-order valence-corrected chi connectivity index (χ4v) is 4.15. The number of alkyl halides is 2. The Kier molecular flexibility index (Phi) is 8.06. The van der Waals surface area contributed by atoms with Crippen LogP contribution in [0.4, 0.5) is 14.5 Å². The number of hydrogen-bond donors (Lipinski definition) is 1. The maximum atomic E-state index is 12.9. The number of aromatic nitrogens is 4. The van der Waals surface area contributed by atoms with Crippen LogP contribution in [-0.2, 0) is 16.1 Å². The second-order valence-electron chi connectivity index (χ2n) is 8.38. The fourth-order valence-electron chi connectivity index (χ4n) is 4.15. The lowest BCUT2D eigenvalue weighted by Crippen LogP contribution is -2.57. The number of nitrogens with two attached hydrogens (primary N) is 1. The van der Waals surface area contributed by atoms with Crippen LogP contribution < -0.4 is 15.4 Å². The van der Waals surface area contributed by atoms with Crippen LogP contribution in [0.25, 0.3) is 5.69 Å². The number of rotatable bonds is 9. The van der Waals surface area contributed by atoms with Gasteiger partial charge in [-0.2, -0.15) is 0 Å². The van der Waals surface area contributed by atoms with Gasteiger partial charge >= 0.3 is 5.97 Å². The predicted octanol–water partition coefficient (Wildman–Crippen LogP) is 2.11. The van der Waals surface area contributed by atoms with Crippen molar-refractivity contribution in [2.45, 2.75) is 26.0 Å². The molecule has 2 aromatic heterocycles. The minimum Gasteiger partial charge on any atom is -0.471 e. The van der Waals surface area contributed by atoms with Gasteiger partial charge in [0.15, 0.2) is 0 Å². The normalized spacial score (nSPS) is 16.4. The highest BCUT2D eigenvalue weighted by atomic mass is 19.3. The second kappa shape index (κ2) is 11.4. The first-order valence-corrected chi connectivity index (χ1v) is 11.6. The summed E-state index contributed by atoms with van der Waals surface area (Å²) in [4.78, 5) is 20.8. The molecule has 3 aromatic rings. The van der Waals surface area contributed by atoms with E-state index in [0.717, 1.165) is 12.2 Å². The van der Waals surface area contributed by atoms with Crippen LogP contribution in [0.3, 0.4) is 0 Å². The summed E-state index contributed by atoms with van der Waals surface area (Å²) in [5.74, 6) is 0.121. The largest absolute Gasteiger partial charge is 0.471 e. The van der Waals surface area contributed by atoms with Gasteiger partial charge in [-0.3, -0.25) is 9.69 Å². The van der Waals surface area contributed by atoms with Gasteiger partial charge in [0.1, 0.15) is 18.3 Å². The topological polar surface area (TPSA) is 112 Å². The van der Waals surface area contributed by atoms with Crippen LogP contribution >= 0.6 is 0 Å². The molecule has 0 radical (unpaired) electrons. The molecule has 2 N–H and O–H groups in total. The van der Waals surface area contributed by atoms with E-state index in [-0.39, 0.29) is 18.1 Å². The van der Waals surface area contributed by atoms with Gasteiger partial charge in [-0.25, -0.2) is 18.4 Å². The number of methoxy groups -OCH3 is 1. The maximum Gasteiger partial charge on any atom is 0.324 e. The van der Waals surface area contributed by atoms with Crippen molar-refractivity contribution in [1.29, 1.82) is 0 Å². The number of aryl methyl sites for hydroxylation is 1. The van der Waals surface area contributed by atoms with Gasteiger partial charge in [0.05, 0.1) is 30.4 Å². The Balaban J connectivity index is 1.42. The minimum absolute atomic E-state index is 0.0589. The number of carbonyl (C=O) groups excluding carboxylic acids is 1. The smallest absolute Gasteiger partial charge is 0.324 e. The summed E-state index contributed by atoms with van der Waals surface area (Å²) >= 11 is 0. The highest BCUT2D eigenvalue weighted by Gasteiger charge is 2.33. The first-order chi connectivity index (χ1) is 17.4. The molecule has 1 aliphatic heterocycles. The first-order valence-electron chi connectivity index (χ1n) is 11.6. The quantitative estimate of drug-likeness (QED) is 0.441. The molecule has 0 spiro atoms. The average molecular weight is 502 g/mol. The zero-order chi connectivity index (χ0) is 25.7.